The third kappa shape index (κ3) is 3.37. The van der Waals surface area contributed by atoms with Crippen molar-refractivity contribution in [1.29, 1.82) is 0 Å². The van der Waals surface area contributed by atoms with Gasteiger partial charge < -0.3 is 14.6 Å². The third-order valence-corrected chi connectivity index (χ3v) is 5.81. The molecule has 122 valence electrons. The Morgan fingerprint density at radius 1 is 1.43 bits per heavy atom. The Morgan fingerprint density at radius 3 is 2.43 bits per heavy atom. The van der Waals surface area contributed by atoms with E-state index < -0.39 is 39.0 Å². The number of methoxy groups -OCH3 is 1. The van der Waals surface area contributed by atoms with Crippen LogP contribution in [0, 0.1) is 17.3 Å². The molecular formula is C13H22O7S. The molecule has 21 heavy (non-hydrogen) atoms. The molecule has 3 unspecified atom stereocenters. The molecule has 0 aromatic heterocycles. The second kappa shape index (κ2) is 6.74. The summed E-state index contributed by atoms with van der Waals surface area (Å²) in [5.41, 5.74) is -1.89. The highest BCUT2D eigenvalue weighted by molar-refractivity contribution is 7.91. The number of sulfone groups is 1. The van der Waals surface area contributed by atoms with Crippen molar-refractivity contribution in [2.24, 2.45) is 17.3 Å². The number of carboxylic acid groups (broad SMARTS) is 1. The second-order valence-electron chi connectivity index (χ2n) is 5.35. The summed E-state index contributed by atoms with van der Waals surface area (Å²) in [5, 5.41) is 9.70. The standard InChI is InChI=1S/C13H22O7S/c1-4-20-12(16)13(11(14)15,9(2)7-19-3)10-5-6-21(17,18)8-10/h9-10H,4-8H2,1-3H3,(H,14,15). The van der Waals surface area contributed by atoms with E-state index in [0.717, 1.165) is 0 Å². The zero-order chi connectivity index (χ0) is 16.3. The molecule has 0 radical (unpaired) electrons. The minimum atomic E-state index is -3.32. The Morgan fingerprint density at radius 2 is 2.05 bits per heavy atom. The lowest BCUT2D eigenvalue weighted by Crippen LogP contribution is -2.53. The molecule has 3 atom stereocenters. The molecule has 7 nitrogen and oxygen atoms in total. The monoisotopic (exact) mass is 322 g/mol. The zero-order valence-electron chi connectivity index (χ0n) is 12.5. The molecule has 0 amide bonds. The molecule has 1 aliphatic heterocycles. The van der Waals surface area contributed by atoms with Gasteiger partial charge in [0.1, 0.15) is 0 Å². The number of hydrogen-bond acceptors (Lipinski definition) is 6. The van der Waals surface area contributed by atoms with E-state index in [2.05, 4.69) is 0 Å². The van der Waals surface area contributed by atoms with Gasteiger partial charge in [0.2, 0.25) is 0 Å². The van der Waals surface area contributed by atoms with Gasteiger partial charge >= 0.3 is 11.9 Å². The fourth-order valence-electron chi connectivity index (χ4n) is 3.03. The molecular weight excluding hydrogens is 300 g/mol. The summed E-state index contributed by atoms with van der Waals surface area (Å²) < 4.78 is 33.3. The largest absolute Gasteiger partial charge is 0.480 e. The fraction of sp³-hybridized carbons (Fsp3) is 0.846. The number of carbonyl (C=O) groups excluding carboxylic acids is 1. The van der Waals surface area contributed by atoms with Crippen molar-refractivity contribution in [1.82, 2.24) is 0 Å². The molecule has 0 aromatic rings. The first-order valence-electron chi connectivity index (χ1n) is 6.82. The van der Waals surface area contributed by atoms with Gasteiger partial charge in [-0.1, -0.05) is 6.92 Å². The fourth-order valence-corrected chi connectivity index (χ4v) is 4.88. The molecule has 1 fully saturated rings. The van der Waals surface area contributed by atoms with E-state index in [9.17, 15) is 23.1 Å². The van der Waals surface area contributed by atoms with Crippen LogP contribution in [0.3, 0.4) is 0 Å². The summed E-state index contributed by atoms with van der Waals surface area (Å²) in [6.45, 7) is 3.21. The van der Waals surface area contributed by atoms with Crippen LogP contribution in [0.1, 0.15) is 20.3 Å². The second-order valence-corrected chi connectivity index (χ2v) is 7.58. The van der Waals surface area contributed by atoms with Crippen molar-refractivity contribution in [3.8, 4) is 0 Å². The first kappa shape index (κ1) is 17.9. The highest BCUT2D eigenvalue weighted by Crippen LogP contribution is 2.43. The summed E-state index contributed by atoms with van der Waals surface area (Å²) in [5.74, 6) is -4.16. The van der Waals surface area contributed by atoms with Crippen molar-refractivity contribution in [2.75, 3.05) is 31.8 Å². The van der Waals surface area contributed by atoms with Crippen molar-refractivity contribution >= 4 is 21.8 Å². The van der Waals surface area contributed by atoms with Gasteiger partial charge in [0.25, 0.3) is 0 Å². The number of hydrogen-bond donors (Lipinski definition) is 1. The number of carbonyl (C=O) groups is 2. The van der Waals surface area contributed by atoms with Crippen molar-refractivity contribution in [3.05, 3.63) is 0 Å². The third-order valence-electron chi connectivity index (χ3n) is 4.04. The van der Waals surface area contributed by atoms with Crippen molar-refractivity contribution < 1.29 is 32.6 Å². The van der Waals surface area contributed by atoms with E-state index in [0.29, 0.717) is 0 Å². The number of carboxylic acids is 1. The summed E-state index contributed by atoms with van der Waals surface area (Å²) in [6, 6.07) is 0. The van der Waals surface area contributed by atoms with Crippen LogP contribution in [0.4, 0.5) is 0 Å². The normalized spacial score (nSPS) is 25.0. The first-order chi connectivity index (χ1) is 9.72. The maximum Gasteiger partial charge on any atom is 0.324 e. The average Bonchev–Trinajstić information content (AvgIpc) is 2.71. The highest BCUT2D eigenvalue weighted by atomic mass is 32.2. The Balaban J connectivity index is 3.31. The molecule has 1 heterocycles. The van der Waals surface area contributed by atoms with E-state index in [1.165, 1.54) is 7.11 Å². The summed E-state index contributed by atoms with van der Waals surface area (Å²) in [6.07, 6.45) is 0.140. The van der Waals surface area contributed by atoms with Crippen LogP contribution in [-0.2, 0) is 28.9 Å². The molecule has 8 heteroatoms. The lowest BCUT2D eigenvalue weighted by atomic mass is 9.66. The van der Waals surface area contributed by atoms with Gasteiger partial charge in [-0.05, 0) is 13.3 Å². The molecule has 1 saturated heterocycles. The van der Waals surface area contributed by atoms with Crippen molar-refractivity contribution in [3.63, 3.8) is 0 Å². The summed E-state index contributed by atoms with van der Waals surface area (Å²) >= 11 is 0. The topological polar surface area (TPSA) is 107 Å². The molecule has 1 N–H and O–H groups in total. The number of rotatable bonds is 7. The van der Waals surface area contributed by atoms with Gasteiger partial charge in [-0.2, -0.15) is 0 Å². The molecule has 1 aliphatic rings. The van der Waals surface area contributed by atoms with Gasteiger partial charge in [0.15, 0.2) is 15.3 Å². The molecule has 0 aliphatic carbocycles. The molecule has 0 bridgehead atoms. The van der Waals surface area contributed by atoms with Gasteiger partial charge in [-0.15, -0.1) is 0 Å². The Kier molecular flexibility index (Phi) is 5.75. The van der Waals surface area contributed by atoms with Crippen LogP contribution in [0.2, 0.25) is 0 Å². The molecule has 0 saturated carbocycles. The van der Waals surface area contributed by atoms with E-state index in [-0.39, 0.29) is 31.1 Å². The Hall–Kier alpha value is -1.15. The minimum Gasteiger partial charge on any atom is -0.480 e. The number of ether oxygens (including phenoxy) is 2. The van der Waals surface area contributed by atoms with Crippen LogP contribution < -0.4 is 0 Å². The number of esters is 1. The summed E-state index contributed by atoms with van der Waals surface area (Å²) in [7, 11) is -1.92. The molecule has 0 spiro atoms. The number of aliphatic carboxylic acids is 1. The molecule has 0 aromatic carbocycles. The van der Waals surface area contributed by atoms with Gasteiger partial charge in [-0.25, -0.2) is 8.42 Å². The zero-order valence-corrected chi connectivity index (χ0v) is 13.3. The van der Waals surface area contributed by atoms with Gasteiger partial charge in [-0.3, -0.25) is 9.59 Å². The van der Waals surface area contributed by atoms with Crippen LogP contribution in [0.25, 0.3) is 0 Å². The summed E-state index contributed by atoms with van der Waals surface area (Å²) in [4.78, 5) is 24.3. The van der Waals surface area contributed by atoms with E-state index in [1.807, 2.05) is 0 Å². The van der Waals surface area contributed by atoms with Gasteiger partial charge in [0.05, 0.1) is 24.7 Å². The average molecular weight is 322 g/mol. The van der Waals surface area contributed by atoms with Crippen LogP contribution in [-0.4, -0.2) is 57.3 Å². The van der Waals surface area contributed by atoms with Crippen LogP contribution in [0.5, 0.6) is 0 Å². The maximum atomic E-state index is 12.4. The highest BCUT2D eigenvalue weighted by Gasteiger charge is 2.59. The minimum absolute atomic E-state index is 0.0294. The van der Waals surface area contributed by atoms with Crippen molar-refractivity contribution in [2.45, 2.75) is 20.3 Å². The van der Waals surface area contributed by atoms with Crippen LogP contribution in [0.15, 0.2) is 0 Å². The smallest absolute Gasteiger partial charge is 0.324 e. The Bertz CT molecular complexity index is 499. The lowest BCUT2D eigenvalue weighted by Gasteiger charge is -2.36. The lowest BCUT2D eigenvalue weighted by molar-refractivity contribution is -0.179. The Labute approximate surface area is 124 Å². The first-order valence-corrected chi connectivity index (χ1v) is 8.64. The quantitative estimate of drug-likeness (QED) is 0.532. The predicted octanol–water partition coefficient (Wildman–Crippen LogP) is 0.338. The van der Waals surface area contributed by atoms with E-state index in [1.54, 1.807) is 13.8 Å². The SMILES string of the molecule is CCOC(=O)C(C(=O)O)(C(C)COC)C1CCS(=O)(=O)C1. The molecule has 1 rings (SSSR count). The van der Waals surface area contributed by atoms with E-state index in [4.69, 9.17) is 9.47 Å². The van der Waals surface area contributed by atoms with Crippen LogP contribution >= 0.6 is 0 Å². The van der Waals surface area contributed by atoms with Gasteiger partial charge in [0, 0.05) is 18.9 Å². The maximum absolute atomic E-state index is 12.4. The predicted molar refractivity (Wildman–Crippen MR) is 74.5 cm³/mol. The van der Waals surface area contributed by atoms with E-state index >= 15 is 0 Å².